The molecule has 1 amide bonds. The summed E-state index contributed by atoms with van der Waals surface area (Å²) in [6.07, 6.45) is 0.231. The molecule has 0 aliphatic carbocycles. The van der Waals surface area contributed by atoms with Crippen molar-refractivity contribution in [3.05, 3.63) is 33.9 Å². The minimum absolute atomic E-state index is 0.0399. The van der Waals surface area contributed by atoms with Crippen molar-refractivity contribution in [1.29, 1.82) is 0 Å². The molecule has 0 radical (unpaired) electrons. The standard InChI is InChI=1S/C14H20N2O4/c1-10(2)9-20-7-6-14(17)15-13-8-12(16(18)19)5-4-11(13)3/h4-5,8,10H,6-7,9H2,1-3H3,(H,15,17). The molecule has 0 unspecified atom stereocenters. The molecule has 0 saturated carbocycles. The maximum absolute atomic E-state index is 11.7. The number of non-ortho nitro benzene ring substituents is 1. The van der Waals surface area contributed by atoms with E-state index in [0.29, 0.717) is 24.8 Å². The summed E-state index contributed by atoms with van der Waals surface area (Å²) in [5.74, 6) is 0.217. The Morgan fingerprint density at radius 2 is 2.15 bits per heavy atom. The van der Waals surface area contributed by atoms with Crippen molar-refractivity contribution in [3.63, 3.8) is 0 Å². The van der Waals surface area contributed by atoms with Crippen LogP contribution >= 0.6 is 0 Å². The molecule has 0 aromatic heterocycles. The Labute approximate surface area is 118 Å². The number of anilines is 1. The van der Waals surface area contributed by atoms with E-state index in [-0.39, 0.29) is 18.0 Å². The van der Waals surface area contributed by atoms with Gasteiger partial charge in [0.15, 0.2) is 0 Å². The van der Waals surface area contributed by atoms with Crippen molar-refractivity contribution in [1.82, 2.24) is 0 Å². The van der Waals surface area contributed by atoms with Gasteiger partial charge in [-0.3, -0.25) is 14.9 Å². The Morgan fingerprint density at radius 1 is 1.45 bits per heavy atom. The Hall–Kier alpha value is -1.95. The maximum atomic E-state index is 11.7. The van der Waals surface area contributed by atoms with Crippen LogP contribution in [0.25, 0.3) is 0 Å². The van der Waals surface area contributed by atoms with Crippen molar-refractivity contribution >= 4 is 17.3 Å². The van der Waals surface area contributed by atoms with Crippen LogP contribution in [-0.2, 0) is 9.53 Å². The number of nitrogens with one attached hydrogen (secondary N) is 1. The lowest BCUT2D eigenvalue weighted by molar-refractivity contribution is -0.384. The Bertz CT molecular complexity index is 486. The summed E-state index contributed by atoms with van der Waals surface area (Å²) in [4.78, 5) is 21.9. The number of carbonyl (C=O) groups is 1. The highest BCUT2D eigenvalue weighted by molar-refractivity contribution is 5.91. The molecule has 1 aromatic carbocycles. The molecular weight excluding hydrogens is 260 g/mol. The third-order valence-corrected chi connectivity index (χ3v) is 2.63. The number of benzene rings is 1. The summed E-state index contributed by atoms with van der Waals surface area (Å²) < 4.78 is 5.33. The summed E-state index contributed by atoms with van der Waals surface area (Å²) in [7, 11) is 0. The molecule has 6 heteroatoms. The first-order chi connectivity index (χ1) is 9.40. The minimum atomic E-state index is -0.485. The zero-order valence-corrected chi connectivity index (χ0v) is 12.0. The van der Waals surface area contributed by atoms with Gasteiger partial charge in [0.05, 0.1) is 23.6 Å². The molecule has 0 heterocycles. The fraction of sp³-hybridized carbons (Fsp3) is 0.500. The molecule has 6 nitrogen and oxygen atoms in total. The van der Waals surface area contributed by atoms with Crippen LogP contribution in [0.3, 0.4) is 0 Å². The van der Waals surface area contributed by atoms with Crippen LogP contribution in [0.15, 0.2) is 18.2 Å². The van der Waals surface area contributed by atoms with E-state index >= 15 is 0 Å². The highest BCUT2D eigenvalue weighted by Crippen LogP contribution is 2.21. The van der Waals surface area contributed by atoms with Crippen molar-refractivity contribution in [2.24, 2.45) is 5.92 Å². The number of aryl methyl sites for hydroxylation is 1. The van der Waals surface area contributed by atoms with E-state index < -0.39 is 4.92 Å². The molecule has 1 N–H and O–H groups in total. The van der Waals surface area contributed by atoms with E-state index in [1.165, 1.54) is 12.1 Å². The van der Waals surface area contributed by atoms with Gasteiger partial charge in [0.1, 0.15) is 0 Å². The van der Waals surface area contributed by atoms with Crippen molar-refractivity contribution in [2.45, 2.75) is 27.2 Å². The third-order valence-electron chi connectivity index (χ3n) is 2.63. The Balaban J connectivity index is 2.53. The molecule has 110 valence electrons. The van der Waals surface area contributed by atoms with Crippen LogP contribution in [0.2, 0.25) is 0 Å². The largest absolute Gasteiger partial charge is 0.381 e. The van der Waals surface area contributed by atoms with Gasteiger partial charge in [-0.1, -0.05) is 19.9 Å². The molecule has 1 aromatic rings. The number of nitrogens with zero attached hydrogens (tertiary/aromatic N) is 1. The van der Waals surface area contributed by atoms with Crippen molar-refractivity contribution in [2.75, 3.05) is 18.5 Å². The lowest BCUT2D eigenvalue weighted by Crippen LogP contribution is -2.16. The van der Waals surface area contributed by atoms with Crippen LogP contribution in [0, 0.1) is 23.0 Å². The van der Waals surface area contributed by atoms with Gasteiger partial charge < -0.3 is 10.1 Å². The normalized spacial score (nSPS) is 10.6. The van der Waals surface area contributed by atoms with Crippen molar-refractivity contribution < 1.29 is 14.5 Å². The highest BCUT2D eigenvalue weighted by Gasteiger charge is 2.11. The molecule has 0 saturated heterocycles. The number of carbonyl (C=O) groups excluding carboxylic acids is 1. The molecule has 20 heavy (non-hydrogen) atoms. The quantitative estimate of drug-likeness (QED) is 0.473. The number of hydrogen-bond acceptors (Lipinski definition) is 4. The summed E-state index contributed by atoms with van der Waals surface area (Å²) >= 11 is 0. The molecule has 0 atom stereocenters. The number of rotatable bonds is 7. The second-order valence-electron chi connectivity index (χ2n) is 5.02. The van der Waals surface area contributed by atoms with Gasteiger partial charge in [-0.25, -0.2) is 0 Å². The molecule has 0 spiro atoms. The average molecular weight is 280 g/mol. The van der Waals surface area contributed by atoms with E-state index in [2.05, 4.69) is 5.32 Å². The first-order valence-electron chi connectivity index (χ1n) is 6.52. The number of ether oxygens (including phenoxy) is 1. The lowest BCUT2D eigenvalue weighted by Gasteiger charge is -2.09. The Morgan fingerprint density at radius 3 is 2.75 bits per heavy atom. The van der Waals surface area contributed by atoms with Crippen LogP contribution < -0.4 is 5.32 Å². The molecule has 0 bridgehead atoms. The van der Waals surface area contributed by atoms with Crippen LogP contribution in [-0.4, -0.2) is 24.0 Å². The number of nitro benzene ring substituents is 1. The monoisotopic (exact) mass is 280 g/mol. The topological polar surface area (TPSA) is 81.5 Å². The van der Waals surface area contributed by atoms with Crippen LogP contribution in [0.5, 0.6) is 0 Å². The van der Waals surface area contributed by atoms with E-state index in [4.69, 9.17) is 4.74 Å². The predicted octanol–water partition coefficient (Wildman–Crippen LogP) is 2.90. The van der Waals surface area contributed by atoms with E-state index in [1.54, 1.807) is 13.0 Å². The number of nitro groups is 1. The zero-order chi connectivity index (χ0) is 15.1. The van der Waals surface area contributed by atoms with Crippen LogP contribution in [0.1, 0.15) is 25.8 Å². The van der Waals surface area contributed by atoms with Crippen LogP contribution in [0.4, 0.5) is 11.4 Å². The summed E-state index contributed by atoms with van der Waals surface area (Å²) in [6.45, 7) is 6.81. The fourth-order valence-corrected chi connectivity index (χ4v) is 1.55. The highest BCUT2D eigenvalue weighted by atomic mass is 16.6. The van der Waals surface area contributed by atoms with E-state index in [9.17, 15) is 14.9 Å². The lowest BCUT2D eigenvalue weighted by atomic mass is 10.2. The van der Waals surface area contributed by atoms with E-state index in [1.807, 2.05) is 13.8 Å². The molecule has 0 aliphatic rings. The molecular formula is C14H20N2O4. The van der Waals surface area contributed by atoms with Gasteiger partial charge in [0.25, 0.3) is 5.69 Å². The molecule has 0 aliphatic heterocycles. The van der Waals surface area contributed by atoms with Gasteiger partial charge in [-0.2, -0.15) is 0 Å². The van der Waals surface area contributed by atoms with Gasteiger partial charge in [0, 0.05) is 18.7 Å². The van der Waals surface area contributed by atoms with Crippen molar-refractivity contribution in [3.8, 4) is 0 Å². The third kappa shape index (κ3) is 5.36. The smallest absolute Gasteiger partial charge is 0.271 e. The number of amides is 1. The second kappa shape index (κ2) is 7.59. The van der Waals surface area contributed by atoms with Gasteiger partial charge in [0.2, 0.25) is 5.91 Å². The van der Waals surface area contributed by atoms with E-state index in [0.717, 1.165) is 5.56 Å². The maximum Gasteiger partial charge on any atom is 0.271 e. The second-order valence-corrected chi connectivity index (χ2v) is 5.02. The fourth-order valence-electron chi connectivity index (χ4n) is 1.55. The first kappa shape index (κ1) is 16.1. The molecule has 1 rings (SSSR count). The zero-order valence-electron chi connectivity index (χ0n) is 12.0. The Kier molecular flexibility index (Phi) is 6.11. The first-order valence-corrected chi connectivity index (χ1v) is 6.52. The van der Waals surface area contributed by atoms with Gasteiger partial charge in [-0.15, -0.1) is 0 Å². The SMILES string of the molecule is Cc1ccc([N+](=O)[O-])cc1NC(=O)CCOCC(C)C. The summed E-state index contributed by atoms with van der Waals surface area (Å²) in [5.41, 5.74) is 1.21. The molecule has 0 fully saturated rings. The van der Waals surface area contributed by atoms with Gasteiger partial charge >= 0.3 is 0 Å². The minimum Gasteiger partial charge on any atom is -0.381 e. The summed E-state index contributed by atoms with van der Waals surface area (Å²) in [5, 5.41) is 13.4. The van der Waals surface area contributed by atoms with Gasteiger partial charge in [-0.05, 0) is 18.4 Å². The average Bonchev–Trinajstić information content (AvgIpc) is 2.37. The predicted molar refractivity (Wildman–Crippen MR) is 76.7 cm³/mol. The summed E-state index contributed by atoms with van der Waals surface area (Å²) in [6, 6.07) is 4.39. The number of hydrogen-bond donors (Lipinski definition) is 1.